The molecule has 0 spiro atoms. The molecule has 0 aromatic heterocycles. The van der Waals surface area contributed by atoms with E-state index in [9.17, 15) is 4.79 Å². The number of anilines is 1. The van der Waals surface area contributed by atoms with E-state index >= 15 is 0 Å². The Labute approximate surface area is 135 Å². The van der Waals surface area contributed by atoms with Gasteiger partial charge in [-0.2, -0.15) is 0 Å². The minimum atomic E-state index is -0.325. The third-order valence-electron chi connectivity index (χ3n) is 2.52. The monoisotopic (exact) mass is 372 g/mol. The van der Waals surface area contributed by atoms with Gasteiger partial charge in [-0.3, -0.25) is 0 Å². The highest BCUT2D eigenvalue weighted by molar-refractivity contribution is 9.10. The van der Waals surface area contributed by atoms with Gasteiger partial charge in [0.2, 0.25) is 0 Å². The lowest BCUT2D eigenvalue weighted by Gasteiger charge is -2.09. The third-order valence-corrected chi connectivity index (χ3v) is 3.56. The van der Waals surface area contributed by atoms with Crippen LogP contribution in [0, 0.1) is 0 Å². The first-order chi connectivity index (χ1) is 9.54. The van der Waals surface area contributed by atoms with Crippen LogP contribution in [0.2, 0.25) is 10.0 Å². The van der Waals surface area contributed by atoms with E-state index in [1.807, 2.05) is 24.3 Å². The second-order valence-corrected chi connectivity index (χ2v) is 5.82. The van der Waals surface area contributed by atoms with Gasteiger partial charge in [0.05, 0.1) is 10.7 Å². The fraction of sp³-hybridized carbons (Fsp3) is 0.0714. The van der Waals surface area contributed by atoms with Crippen molar-refractivity contribution in [2.24, 2.45) is 0 Å². The van der Waals surface area contributed by atoms with Crippen molar-refractivity contribution in [1.82, 2.24) is 5.32 Å². The van der Waals surface area contributed by atoms with Crippen LogP contribution in [0.15, 0.2) is 46.9 Å². The summed E-state index contributed by atoms with van der Waals surface area (Å²) in [5.41, 5.74) is 1.51. The molecule has 0 radical (unpaired) electrons. The Hall–Kier alpha value is -1.23. The zero-order chi connectivity index (χ0) is 14.5. The van der Waals surface area contributed by atoms with E-state index < -0.39 is 0 Å². The molecule has 3 nitrogen and oxygen atoms in total. The molecule has 0 aliphatic rings. The standard InChI is InChI=1S/C14H11BrCl2N2O/c15-10-3-1-2-9(6-10)8-18-14(20)19-13-5-4-11(16)7-12(13)17/h1-7H,8H2,(H2,18,19,20). The molecule has 0 saturated heterocycles. The Balaban J connectivity index is 1.92. The number of hydrogen-bond acceptors (Lipinski definition) is 1. The Morgan fingerprint density at radius 3 is 2.65 bits per heavy atom. The molecule has 0 saturated carbocycles. The van der Waals surface area contributed by atoms with E-state index in [-0.39, 0.29) is 6.03 Å². The first kappa shape index (κ1) is 15.2. The molecule has 6 heteroatoms. The van der Waals surface area contributed by atoms with Gasteiger partial charge in [-0.25, -0.2) is 4.79 Å². The van der Waals surface area contributed by atoms with Crippen LogP contribution in [0.3, 0.4) is 0 Å². The summed E-state index contributed by atoms with van der Waals surface area (Å²) in [6, 6.07) is 12.3. The number of halogens is 3. The summed E-state index contributed by atoms with van der Waals surface area (Å²) in [6.45, 7) is 0.427. The number of benzene rings is 2. The number of rotatable bonds is 3. The first-order valence-electron chi connectivity index (χ1n) is 5.79. The van der Waals surface area contributed by atoms with E-state index in [4.69, 9.17) is 23.2 Å². The molecule has 20 heavy (non-hydrogen) atoms. The van der Waals surface area contributed by atoms with Crippen LogP contribution in [0.5, 0.6) is 0 Å². The zero-order valence-corrected chi connectivity index (χ0v) is 13.4. The van der Waals surface area contributed by atoms with Gasteiger partial charge in [0.15, 0.2) is 0 Å². The number of amides is 2. The molecule has 0 bridgehead atoms. The van der Waals surface area contributed by atoms with Crippen LogP contribution in [0.4, 0.5) is 10.5 Å². The fourth-order valence-corrected chi connectivity index (χ4v) is 2.49. The van der Waals surface area contributed by atoms with Crippen molar-refractivity contribution in [2.75, 3.05) is 5.32 Å². The molecule has 2 aromatic rings. The number of carbonyl (C=O) groups is 1. The van der Waals surface area contributed by atoms with Gasteiger partial charge in [-0.1, -0.05) is 51.3 Å². The molecule has 0 atom stereocenters. The Bertz CT molecular complexity index is 634. The highest BCUT2D eigenvalue weighted by Gasteiger charge is 2.06. The topological polar surface area (TPSA) is 41.1 Å². The van der Waals surface area contributed by atoms with E-state index in [1.165, 1.54) is 0 Å². The van der Waals surface area contributed by atoms with E-state index in [1.54, 1.807) is 18.2 Å². The van der Waals surface area contributed by atoms with Crippen molar-refractivity contribution in [1.29, 1.82) is 0 Å². The number of urea groups is 1. The zero-order valence-electron chi connectivity index (χ0n) is 10.3. The summed E-state index contributed by atoms with van der Waals surface area (Å²) >= 11 is 15.2. The third kappa shape index (κ3) is 4.40. The minimum absolute atomic E-state index is 0.325. The summed E-state index contributed by atoms with van der Waals surface area (Å²) in [7, 11) is 0. The van der Waals surface area contributed by atoms with E-state index in [0.717, 1.165) is 10.0 Å². The SMILES string of the molecule is O=C(NCc1cccc(Br)c1)Nc1ccc(Cl)cc1Cl. The van der Waals surface area contributed by atoms with Gasteiger partial charge < -0.3 is 10.6 Å². The predicted octanol–water partition coefficient (Wildman–Crippen LogP) is 5.08. The van der Waals surface area contributed by atoms with Crippen molar-refractivity contribution >= 4 is 50.9 Å². The maximum atomic E-state index is 11.8. The van der Waals surface area contributed by atoms with Crippen LogP contribution < -0.4 is 10.6 Å². The quantitative estimate of drug-likeness (QED) is 0.773. The smallest absolute Gasteiger partial charge is 0.319 e. The van der Waals surface area contributed by atoms with Crippen LogP contribution in [0.25, 0.3) is 0 Å². The lowest BCUT2D eigenvalue weighted by molar-refractivity contribution is 0.251. The Morgan fingerprint density at radius 2 is 1.95 bits per heavy atom. The van der Waals surface area contributed by atoms with Crippen LogP contribution in [-0.2, 0) is 6.54 Å². The van der Waals surface area contributed by atoms with Crippen molar-refractivity contribution in [3.8, 4) is 0 Å². The summed E-state index contributed by atoms with van der Waals surface area (Å²) in [5, 5.41) is 6.35. The summed E-state index contributed by atoms with van der Waals surface area (Å²) in [5.74, 6) is 0. The van der Waals surface area contributed by atoms with Crippen LogP contribution >= 0.6 is 39.1 Å². The van der Waals surface area contributed by atoms with Crippen molar-refractivity contribution < 1.29 is 4.79 Å². The Kier molecular flexibility index (Phi) is 5.29. The fourth-order valence-electron chi connectivity index (χ4n) is 1.59. The molecular formula is C14H11BrCl2N2O. The normalized spacial score (nSPS) is 10.2. The highest BCUT2D eigenvalue weighted by atomic mass is 79.9. The lowest BCUT2D eigenvalue weighted by Crippen LogP contribution is -2.28. The van der Waals surface area contributed by atoms with Crippen molar-refractivity contribution in [3.63, 3.8) is 0 Å². The summed E-state index contributed by atoms with van der Waals surface area (Å²) < 4.78 is 0.970. The minimum Gasteiger partial charge on any atom is -0.334 e. The average Bonchev–Trinajstić information content (AvgIpc) is 2.40. The van der Waals surface area contributed by atoms with Gasteiger partial charge in [0, 0.05) is 16.0 Å². The molecule has 0 unspecified atom stereocenters. The Morgan fingerprint density at radius 1 is 1.15 bits per heavy atom. The second-order valence-electron chi connectivity index (χ2n) is 4.06. The number of hydrogen-bond donors (Lipinski definition) is 2. The maximum Gasteiger partial charge on any atom is 0.319 e. The molecule has 0 aliphatic heterocycles. The van der Waals surface area contributed by atoms with Gasteiger partial charge in [-0.05, 0) is 35.9 Å². The van der Waals surface area contributed by atoms with Crippen LogP contribution in [-0.4, -0.2) is 6.03 Å². The molecule has 2 amide bonds. The first-order valence-corrected chi connectivity index (χ1v) is 7.34. The number of nitrogens with one attached hydrogen (secondary N) is 2. The van der Waals surface area contributed by atoms with Gasteiger partial charge >= 0.3 is 6.03 Å². The molecule has 0 heterocycles. The lowest BCUT2D eigenvalue weighted by atomic mass is 10.2. The molecular weight excluding hydrogens is 363 g/mol. The summed E-state index contributed by atoms with van der Waals surface area (Å²) in [6.07, 6.45) is 0. The molecule has 0 aliphatic carbocycles. The largest absolute Gasteiger partial charge is 0.334 e. The van der Waals surface area contributed by atoms with E-state index in [0.29, 0.717) is 22.3 Å². The average molecular weight is 374 g/mol. The molecule has 2 aromatic carbocycles. The van der Waals surface area contributed by atoms with Crippen molar-refractivity contribution in [2.45, 2.75) is 6.54 Å². The molecule has 2 rings (SSSR count). The van der Waals surface area contributed by atoms with Gasteiger partial charge in [0.1, 0.15) is 0 Å². The molecule has 2 N–H and O–H groups in total. The summed E-state index contributed by atoms with van der Waals surface area (Å²) in [4.78, 5) is 11.8. The van der Waals surface area contributed by atoms with Gasteiger partial charge in [-0.15, -0.1) is 0 Å². The van der Waals surface area contributed by atoms with E-state index in [2.05, 4.69) is 26.6 Å². The van der Waals surface area contributed by atoms with Gasteiger partial charge in [0.25, 0.3) is 0 Å². The molecule has 0 fully saturated rings. The van der Waals surface area contributed by atoms with Crippen LogP contribution in [0.1, 0.15) is 5.56 Å². The number of carbonyl (C=O) groups excluding carboxylic acids is 1. The predicted molar refractivity (Wildman–Crippen MR) is 86.5 cm³/mol. The van der Waals surface area contributed by atoms with Crippen molar-refractivity contribution in [3.05, 3.63) is 62.5 Å². The molecule has 104 valence electrons. The second kappa shape index (κ2) is 6.97. The maximum absolute atomic E-state index is 11.8. The highest BCUT2D eigenvalue weighted by Crippen LogP contribution is 2.25.